The number of hydrogen-bond donors (Lipinski definition) is 1. The van der Waals surface area contributed by atoms with Crippen LogP contribution in [0.5, 0.6) is 5.75 Å². The van der Waals surface area contributed by atoms with Crippen LogP contribution in [0.4, 0.5) is 5.69 Å². The second-order valence-electron chi connectivity index (χ2n) is 6.12. The van der Waals surface area contributed by atoms with Crippen LogP contribution in [0.3, 0.4) is 0 Å². The first-order valence-corrected chi connectivity index (χ1v) is 9.21. The third-order valence-corrected chi connectivity index (χ3v) is 4.38. The van der Waals surface area contributed by atoms with Crippen LogP contribution in [-0.2, 0) is 0 Å². The average Bonchev–Trinajstić information content (AvgIpc) is 3.12. The lowest BCUT2D eigenvalue weighted by molar-refractivity contribution is 0.102. The molecule has 0 radical (unpaired) electrons. The van der Waals surface area contributed by atoms with Gasteiger partial charge >= 0.3 is 0 Å². The molecule has 0 atom stereocenters. The largest absolute Gasteiger partial charge is 0.494 e. The number of benzene rings is 3. The zero-order chi connectivity index (χ0) is 19.5. The number of nitrogens with zero attached hydrogens (tertiary/aromatic N) is 1. The molecule has 0 bridgehead atoms. The van der Waals surface area contributed by atoms with Crippen LogP contribution < -0.4 is 10.1 Å². The zero-order valence-corrected chi connectivity index (χ0v) is 15.9. The fraction of sp³-hybridized carbons (Fsp3) is 0.0909. The molecule has 0 spiro atoms. The number of ether oxygens (including phenoxy) is 1. The van der Waals surface area contributed by atoms with E-state index in [0.717, 1.165) is 5.56 Å². The van der Waals surface area contributed by atoms with Gasteiger partial charge in [-0.2, -0.15) is 0 Å². The topological polar surface area (TPSA) is 64.4 Å². The fourth-order valence-electron chi connectivity index (χ4n) is 2.82. The number of fused-ring (bicyclic) bond motifs is 1. The Morgan fingerprint density at radius 2 is 1.93 bits per heavy atom. The maximum atomic E-state index is 12.5. The number of anilines is 1. The Labute approximate surface area is 166 Å². The highest BCUT2D eigenvalue weighted by molar-refractivity contribution is 6.31. The minimum Gasteiger partial charge on any atom is -0.494 e. The molecule has 0 aliphatic rings. The van der Waals surface area contributed by atoms with Gasteiger partial charge in [-0.3, -0.25) is 4.79 Å². The van der Waals surface area contributed by atoms with E-state index in [1.807, 2.05) is 37.3 Å². The number of hydrogen-bond acceptors (Lipinski definition) is 4. The van der Waals surface area contributed by atoms with E-state index < -0.39 is 0 Å². The predicted molar refractivity (Wildman–Crippen MR) is 110 cm³/mol. The van der Waals surface area contributed by atoms with Gasteiger partial charge < -0.3 is 14.5 Å². The molecule has 3 aromatic carbocycles. The van der Waals surface area contributed by atoms with E-state index in [0.29, 0.717) is 45.6 Å². The quantitative estimate of drug-likeness (QED) is 0.466. The summed E-state index contributed by atoms with van der Waals surface area (Å²) >= 11 is 5.99. The molecule has 6 heteroatoms. The Morgan fingerprint density at radius 3 is 2.71 bits per heavy atom. The first-order valence-electron chi connectivity index (χ1n) is 8.83. The minimum atomic E-state index is -0.203. The number of halogens is 1. The van der Waals surface area contributed by atoms with Crippen molar-refractivity contribution in [1.29, 1.82) is 0 Å². The second-order valence-corrected chi connectivity index (χ2v) is 6.56. The molecule has 0 saturated carbocycles. The van der Waals surface area contributed by atoms with Crippen molar-refractivity contribution >= 4 is 34.3 Å². The number of nitrogens with one attached hydrogen (secondary N) is 1. The molecule has 5 nitrogen and oxygen atoms in total. The normalized spacial score (nSPS) is 10.8. The molecule has 1 N–H and O–H groups in total. The molecular formula is C22H17ClN2O3. The molecule has 0 aliphatic carbocycles. The first-order chi connectivity index (χ1) is 13.6. The fourth-order valence-corrected chi connectivity index (χ4v) is 2.98. The summed E-state index contributed by atoms with van der Waals surface area (Å²) in [5.41, 5.74) is 3.39. The van der Waals surface area contributed by atoms with Crippen molar-refractivity contribution in [2.24, 2.45) is 0 Å². The summed E-state index contributed by atoms with van der Waals surface area (Å²) in [4.78, 5) is 16.9. The van der Waals surface area contributed by atoms with Crippen LogP contribution in [-0.4, -0.2) is 17.5 Å². The van der Waals surface area contributed by atoms with E-state index in [4.69, 9.17) is 20.8 Å². The van der Waals surface area contributed by atoms with Gasteiger partial charge in [0.25, 0.3) is 5.91 Å². The molecule has 4 rings (SSSR count). The Morgan fingerprint density at radius 1 is 1.11 bits per heavy atom. The summed E-state index contributed by atoms with van der Waals surface area (Å²) in [7, 11) is 0. The molecule has 1 heterocycles. The van der Waals surface area contributed by atoms with Gasteiger partial charge in [0.15, 0.2) is 5.58 Å². The molecule has 28 heavy (non-hydrogen) atoms. The minimum absolute atomic E-state index is 0.203. The Kier molecular flexibility index (Phi) is 5.00. The second kappa shape index (κ2) is 7.74. The third-order valence-electron chi connectivity index (χ3n) is 4.15. The van der Waals surface area contributed by atoms with Crippen LogP contribution in [0.25, 0.3) is 22.6 Å². The standard InChI is InChI=1S/C22H17ClN2O3/c1-2-27-18-5-3-4-15(12-18)21(26)24-17-9-6-14(7-10-17)22-25-19-13-16(23)8-11-20(19)28-22/h3-13H,2H2,1H3,(H,24,26). The Balaban J connectivity index is 1.51. The van der Waals surface area contributed by atoms with Crippen molar-refractivity contribution < 1.29 is 13.9 Å². The zero-order valence-electron chi connectivity index (χ0n) is 15.1. The van der Waals surface area contributed by atoms with Crippen LogP contribution in [0.1, 0.15) is 17.3 Å². The van der Waals surface area contributed by atoms with E-state index in [2.05, 4.69) is 10.3 Å². The number of carbonyl (C=O) groups is 1. The summed E-state index contributed by atoms with van der Waals surface area (Å²) in [6.07, 6.45) is 0. The Bertz CT molecular complexity index is 1140. The van der Waals surface area contributed by atoms with Gasteiger partial charge in [-0.25, -0.2) is 4.98 Å². The molecule has 0 unspecified atom stereocenters. The maximum Gasteiger partial charge on any atom is 0.255 e. The summed E-state index contributed by atoms with van der Waals surface area (Å²) in [6, 6.07) is 19.7. The van der Waals surface area contributed by atoms with Crippen molar-refractivity contribution in [3.63, 3.8) is 0 Å². The maximum absolute atomic E-state index is 12.5. The summed E-state index contributed by atoms with van der Waals surface area (Å²) in [5.74, 6) is 0.965. The molecule has 4 aromatic rings. The molecule has 1 aromatic heterocycles. The highest BCUT2D eigenvalue weighted by Gasteiger charge is 2.10. The molecule has 1 amide bonds. The van der Waals surface area contributed by atoms with E-state index in [9.17, 15) is 4.79 Å². The monoisotopic (exact) mass is 392 g/mol. The van der Waals surface area contributed by atoms with Crippen molar-refractivity contribution in [2.75, 3.05) is 11.9 Å². The van der Waals surface area contributed by atoms with Crippen molar-refractivity contribution in [3.05, 3.63) is 77.3 Å². The number of aromatic nitrogens is 1. The first kappa shape index (κ1) is 18.1. The number of rotatable bonds is 5. The lowest BCUT2D eigenvalue weighted by Gasteiger charge is -2.08. The third kappa shape index (κ3) is 3.85. The van der Waals surface area contributed by atoms with Crippen molar-refractivity contribution in [3.8, 4) is 17.2 Å². The highest BCUT2D eigenvalue weighted by Crippen LogP contribution is 2.27. The van der Waals surface area contributed by atoms with Crippen molar-refractivity contribution in [1.82, 2.24) is 4.98 Å². The van der Waals surface area contributed by atoms with Gasteiger partial charge in [-0.15, -0.1) is 0 Å². The van der Waals surface area contributed by atoms with E-state index in [-0.39, 0.29) is 5.91 Å². The molecule has 0 aliphatic heterocycles. The summed E-state index contributed by atoms with van der Waals surface area (Å²) in [6.45, 7) is 2.45. The SMILES string of the molecule is CCOc1cccc(C(=O)Nc2ccc(-c3nc4cc(Cl)ccc4o3)cc2)c1. The molecule has 0 fully saturated rings. The molecule has 140 valence electrons. The molecule has 0 saturated heterocycles. The Hall–Kier alpha value is -3.31. The van der Waals surface area contributed by atoms with Crippen LogP contribution in [0, 0.1) is 0 Å². The lowest BCUT2D eigenvalue weighted by Crippen LogP contribution is -2.11. The van der Waals surface area contributed by atoms with Crippen LogP contribution in [0.2, 0.25) is 5.02 Å². The van der Waals surface area contributed by atoms with Gasteiger partial charge in [0.05, 0.1) is 6.61 Å². The van der Waals surface area contributed by atoms with Gasteiger partial charge in [-0.05, 0) is 67.6 Å². The smallest absolute Gasteiger partial charge is 0.255 e. The van der Waals surface area contributed by atoms with Gasteiger partial charge in [-0.1, -0.05) is 17.7 Å². The number of oxazole rings is 1. The summed E-state index contributed by atoms with van der Waals surface area (Å²) < 4.78 is 11.2. The lowest BCUT2D eigenvalue weighted by atomic mass is 10.1. The number of amides is 1. The molecular weight excluding hydrogens is 376 g/mol. The predicted octanol–water partition coefficient (Wildman–Crippen LogP) is 5.80. The van der Waals surface area contributed by atoms with Gasteiger partial charge in [0, 0.05) is 21.8 Å². The van der Waals surface area contributed by atoms with Crippen LogP contribution in [0.15, 0.2) is 71.1 Å². The van der Waals surface area contributed by atoms with E-state index in [1.54, 1.807) is 36.4 Å². The van der Waals surface area contributed by atoms with Gasteiger partial charge in [0.1, 0.15) is 11.3 Å². The highest BCUT2D eigenvalue weighted by atomic mass is 35.5. The van der Waals surface area contributed by atoms with Gasteiger partial charge in [0.2, 0.25) is 5.89 Å². The van der Waals surface area contributed by atoms with E-state index in [1.165, 1.54) is 0 Å². The van der Waals surface area contributed by atoms with E-state index >= 15 is 0 Å². The van der Waals surface area contributed by atoms with Crippen LogP contribution >= 0.6 is 11.6 Å². The summed E-state index contributed by atoms with van der Waals surface area (Å²) in [5, 5.41) is 3.49. The average molecular weight is 393 g/mol. The van der Waals surface area contributed by atoms with Crippen molar-refractivity contribution in [2.45, 2.75) is 6.92 Å². The number of carbonyl (C=O) groups excluding carboxylic acids is 1.